The van der Waals surface area contributed by atoms with Gasteiger partial charge < -0.3 is 15.2 Å². The van der Waals surface area contributed by atoms with Gasteiger partial charge >= 0.3 is 0 Å². The van der Waals surface area contributed by atoms with E-state index in [-0.39, 0.29) is 0 Å². The van der Waals surface area contributed by atoms with Crippen LogP contribution in [0.3, 0.4) is 0 Å². The van der Waals surface area contributed by atoms with Crippen LogP contribution in [-0.4, -0.2) is 26.7 Å². The van der Waals surface area contributed by atoms with Crippen LogP contribution >= 0.6 is 0 Å². The van der Waals surface area contributed by atoms with E-state index >= 15 is 0 Å². The number of hydrogen-bond acceptors (Lipinski definition) is 4. The zero-order chi connectivity index (χ0) is 13.2. The highest BCUT2D eigenvalue weighted by molar-refractivity contribution is 5.88. The smallest absolute Gasteiger partial charge is 0.242 e. The summed E-state index contributed by atoms with van der Waals surface area (Å²) in [6, 6.07) is 5.44. The SMILES string of the molecule is COc1cccc(OC)c1C1(C(N)=O)CCCN1. The lowest BCUT2D eigenvalue weighted by atomic mass is 9.86. The third-order valence-corrected chi connectivity index (χ3v) is 3.43. The third kappa shape index (κ3) is 1.80. The molecule has 1 heterocycles. The molecule has 0 aliphatic carbocycles. The van der Waals surface area contributed by atoms with Crippen LogP contribution in [-0.2, 0) is 10.3 Å². The molecule has 1 aliphatic heterocycles. The lowest BCUT2D eigenvalue weighted by Crippen LogP contribution is -2.49. The third-order valence-electron chi connectivity index (χ3n) is 3.43. The fourth-order valence-corrected chi connectivity index (χ4v) is 2.56. The average Bonchev–Trinajstić information content (AvgIpc) is 2.88. The summed E-state index contributed by atoms with van der Waals surface area (Å²) >= 11 is 0. The zero-order valence-electron chi connectivity index (χ0n) is 10.7. The summed E-state index contributed by atoms with van der Waals surface area (Å²) in [6.45, 7) is 0.754. The van der Waals surface area contributed by atoms with Gasteiger partial charge in [0.25, 0.3) is 0 Å². The minimum atomic E-state index is -0.891. The van der Waals surface area contributed by atoms with Crippen LogP contribution in [0.1, 0.15) is 18.4 Å². The summed E-state index contributed by atoms with van der Waals surface area (Å²) in [6.07, 6.45) is 1.54. The Morgan fingerprint density at radius 1 is 1.33 bits per heavy atom. The predicted molar refractivity (Wildman–Crippen MR) is 67.7 cm³/mol. The van der Waals surface area contributed by atoms with E-state index in [1.807, 2.05) is 18.2 Å². The van der Waals surface area contributed by atoms with Crippen molar-refractivity contribution in [3.8, 4) is 11.5 Å². The quantitative estimate of drug-likeness (QED) is 0.827. The molecule has 98 valence electrons. The monoisotopic (exact) mass is 250 g/mol. The van der Waals surface area contributed by atoms with E-state index in [2.05, 4.69) is 5.32 Å². The maximum atomic E-state index is 11.9. The topological polar surface area (TPSA) is 73.6 Å². The molecule has 0 saturated carbocycles. The number of primary amides is 1. The Labute approximate surface area is 106 Å². The highest BCUT2D eigenvalue weighted by atomic mass is 16.5. The highest BCUT2D eigenvalue weighted by Gasteiger charge is 2.45. The second-order valence-corrected chi connectivity index (χ2v) is 4.34. The van der Waals surface area contributed by atoms with Crippen molar-refractivity contribution in [2.75, 3.05) is 20.8 Å². The summed E-state index contributed by atoms with van der Waals surface area (Å²) in [4.78, 5) is 11.9. The molecule has 1 unspecified atom stereocenters. The Balaban J connectivity index is 2.63. The van der Waals surface area contributed by atoms with Crippen LogP contribution in [0.15, 0.2) is 18.2 Å². The predicted octanol–water partition coefficient (Wildman–Crippen LogP) is 0.768. The molecule has 2 rings (SSSR count). The van der Waals surface area contributed by atoms with Crippen LogP contribution in [0.5, 0.6) is 11.5 Å². The first-order valence-corrected chi connectivity index (χ1v) is 5.92. The molecule has 1 aliphatic rings. The first-order valence-electron chi connectivity index (χ1n) is 5.92. The van der Waals surface area contributed by atoms with E-state index in [9.17, 15) is 4.79 Å². The van der Waals surface area contributed by atoms with E-state index in [0.717, 1.165) is 13.0 Å². The van der Waals surface area contributed by atoms with Crippen LogP contribution in [0.4, 0.5) is 0 Å². The van der Waals surface area contributed by atoms with Gasteiger partial charge in [-0.2, -0.15) is 0 Å². The van der Waals surface area contributed by atoms with Gasteiger partial charge in [0.05, 0.1) is 19.8 Å². The van der Waals surface area contributed by atoms with Crippen molar-refractivity contribution in [3.63, 3.8) is 0 Å². The van der Waals surface area contributed by atoms with E-state index in [1.165, 1.54) is 0 Å². The van der Waals surface area contributed by atoms with Crippen LogP contribution in [0.2, 0.25) is 0 Å². The van der Waals surface area contributed by atoms with Gasteiger partial charge in [-0.05, 0) is 31.5 Å². The summed E-state index contributed by atoms with van der Waals surface area (Å²) in [7, 11) is 3.14. The molecular formula is C13H18N2O3. The van der Waals surface area contributed by atoms with Crippen molar-refractivity contribution in [1.29, 1.82) is 0 Å². The van der Waals surface area contributed by atoms with Crippen molar-refractivity contribution >= 4 is 5.91 Å². The van der Waals surface area contributed by atoms with Crippen molar-refractivity contribution < 1.29 is 14.3 Å². The molecule has 18 heavy (non-hydrogen) atoms. The number of ether oxygens (including phenoxy) is 2. The zero-order valence-corrected chi connectivity index (χ0v) is 10.7. The summed E-state index contributed by atoms with van der Waals surface area (Å²) in [5, 5.41) is 3.20. The number of methoxy groups -OCH3 is 2. The summed E-state index contributed by atoms with van der Waals surface area (Å²) in [5.41, 5.74) is 5.40. The molecule has 5 nitrogen and oxygen atoms in total. The lowest BCUT2D eigenvalue weighted by molar-refractivity contribution is -0.124. The Kier molecular flexibility index (Phi) is 3.43. The second-order valence-electron chi connectivity index (χ2n) is 4.34. The molecule has 1 aromatic carbocycles. The van der Waals surface area contributed by atoms with Gasteiger partial charge in [0.1, 0.15) is 17.0 Å². The largest absolute Gasteiger partial charge is 0.496 e. The molecule has 1 aromatic rings. The van der Waals surface area contributed by atoms with E-state index in [1.54, 1.807) is 14.2 Å². The highest BCUT2D eigenvalue weighted by Crippen LogP contribution is 2.42. The van der Waals surface area contributed by atoms with Crippen LogP contribution in [0.25, 0.3) is 0 Å². The Morgan fingerprint density at radius 3 is 2.33 bits per heavy atom. The number of rotatable bonds is 4. The number of carbonyl (C=O) groups excluding carboxylic acids is 1. The minimum Gasteiger partial charge on any atom is -0.496 e. The molecule has 0 bridgehead atoms. The number of benzene rings is 1. The Hall–Kier alpha value is -1.75. The fraction of sp³-hybridized carbons (Fsp3) is 0.462. The van der Waals surface area contributed by atoms with Crippen molar-refractivity contribution in [2.45, 2.75) is 18.4 Å². The average molecular weight is 250 g/mol. The molecule has 0 spiro atoms. The van der Waals surface area contributed by atoms with Crippen LogP contribution in [0, 0.1) is 0 Å². The molecular weight excluding hydrogens is 232 g/mol. The van der Waals surface area contributed by atoms with Gasteiger partial charge in [-0.15, -0.1) is 0 Å². The van der Waals surface area contributed by atoms with Gasteiger partial charge in [0, 0.05) is 0 Å². The normalized spacial score (nSPS) is 22.8. The van der Waals surface area contributed by atoms with Gasteiger partial charge in [0.2, 0.25) is 5.91 Å². The summed E-state index contributed by atoms with van der Waals surface area (Å²) < 4.78 is 10.7. The summed E-state index contributed by atoms with van der Waals surface area (Å²) in [5.74, 6) is 0.827. The maximum absolute atomic E-state index is 11.9. The number of amides is 1. The number of carbonyl (C=O) groups is 1. The number of hydrogen-bond donors (Lipinski definition) is 2. The molecule has 3 N–H and O–H groups in total. The molecule has 0 radical (unpaired) electrons. The van der Waals surface area contributed by atoms with Crippen molar-refractivity contribution in [2.24, 2.45) is 5.73 Å². The van der Waals surface area contributed by atoms with Gasteiger partial charge in [-0.3, -0.25) is 10.1 Å². The van der Waals surface area contributed by atoms with Gasteiger partial charge in [-0.1, -0.05) is 6.07 Å². The molecule has 1 atom stereocenters. The van der Waals surface area contributed by atoms with Gasteiger partial charge in [0.15, 0.2) is 0 Å². The number of nitrogens with two attached hydrogens (primary N) is 1. The fourth-order valence-electron chi connectivity index (χ4n) is 2.56. The lowest BCUT2D eigenvalue weighted by Gasteiger charge is -2.29. The minimum absolute atomic E-state index is 0.400. The standard InChI is InChI=1S/C13H18N2O3/c1-17-9-5-3-6-10(18-2)11(9)13(12(14)16)7-4-8-15-13/h3,5-6,15H,4,7-8H2,1-2H3,(H2,14,16). The Bertz CT molecular complexity index is 431. The van der Waals surface area contributed by atoms with Crippen molar-refractivity contribution in [1.82, 2.24) is 5.32 Å². The van der Waals surface area contributed by atoms with E-state index in [0.29, 0.717) is 23.5 Å². The first kappa shape index (κ1) is 12.7. The van der Waals surface area contributed by atoms with Crippen molar-refractivity contribution in [3.05, 3.63) is 23.8 Å². The van der Waals surface area contributed by atoms with E-state index < -0.39 is 11.4 Å². The second kappa shape index (κ2) is 4.86. The maximum Gasteiger partial charge on any atom is 0.242 e. The molecule has 5 heteroatoms. The van der Waals surface area contributed by atoms with Gasteiger partial charge in [-0.25, -0.2) is 0 Å². The molecule has 1 saturated heterocycles. The van der Waals surface area contributed by atoms with E-state index in [4.69, 9.17) is 15.2 Å². The Morgan fingerprint density at radius 2 is 1.94 bits per heavy atom. The number of nitrogens with one attached hydrogen (secondary N) is 1. The molecule has 0 aromatic heterocycles. The van der Waals surface area contributed by atoms with Crippen LogP contribution < -0.4 is 20.5 Å². The molecule has 1 amide bonds. The first-order chi connectivity index (χ1) is 8.65. The molecule has 1 fully saturated rings.